The molecule has 1 aromatic rings. The van der Waals surface area contributed by atoms with E-state index in [1.807, 2.05) is 31.1 Å². The minimum Gasteiger partial charge on any atom is -0.481 e. The molecule has 0 saturated carbocycles. The molecule has 0 unspecified atom stereocenters. The SMILES string of the molecule is C[C@H](C[C@@H](C)C(=O)c1ccc(N(C)C)cc1)C(=O)O. The van der Waals surface area contributed by atoms with Crippen molar-refractivity contribution in [3.05, 3.63) is 29.8 Å². The highest BCUT2D eigenvalue weighted by Crippen LogP contribution is 2.19. The van der Waals surface area contributed by atoms with Gasteiger partial charge in [-0.05, 0) is 30.7 Å². The predicted octanol–water partition coefficient (Wildman–Crippen LogP) is 2.68. The van der Waals surface area contributed by atoms with Crippen LogP contribution in [0.5, 0.6) is 0 Å². The number of Topliss-reactive ketones (excluding diaryl/α,β-unsaturated/α-hetero) is 1. The molecule has 0 bridgehead atoms. The smallest absolute Gasteiger partial charge is 0.306 e. The molecule has 0 saturated heterocycles. The normalized spacial score (nSPS) is 13.7. The van der Waals surface area contributed by atoms with Gasteiger partial charge in [0.2, 0.25) is 0 Å². The monoisotopic (exact) mass is 263 g/mol. The van der Waals surface area contributed by atoms with E-state index in [0.29, 0.717) is 12.0 Å². The number of anilines is 1. The second-order valence-electron chi connectivity index (χ2n) is 5.18. The van der Waals surface area contributed by atoms with Crippen LogP contribution < -0.4 is 4.90 Å². The van der Waals surface area contributed by atoms with Gasteiger partial charge in [0.15, 0.2) is 5.78 Å². The summed E-state index contributed by atoms with van der Waals surface area (Å²) in [7, 11) is 3.88. The van der Waals surface area contributed by atoms with Crippen LogP contribution in [0.2, 0.25) is 0 Å². The van der Waals surface area contributed by atoms with Crippen molar-refractivity contribution >= 4 is 17.4 Å². The summed E-state index contributed by atoms with van der Waals surface area (Å²) < 4.78 is 0. The van der Waals surface area contributed by atoms with E-state index in [9.17, 15) is 9.59 Å². The Kier molecular flexibility index (Phi) is 5.10. The third kappa shape index (κ3) is 4.09. The van der Waals surface area contributed by atoms with Gasteiger partial charge < -0.3 is 10.0 Å². The number of carbonyl (C=O) groups excluding carboxylic acids is 1. The molecule has 0 aromatic heterocycles. The van der Waals surface area contributed by atoms with E-state index in [1.165, 1.54) is 0 Å². The Morgan fingerprint density at radius 2 is 1.63 bits per heavy atom. The summed E-state index contributed by atoms with van der Waals surface area (Å²) >= 11 is 0. The Balaban J connectivity index is 2.74. The molecule has 0 spiro atoms. The van der Waals surface area contributed by atoms with E-state index < -0.39 is 11.9 Å². The molecule has 0 radical (unpaired) electrons. The minimum absolute atomic E-state index is 0.00148. The average Bonchev–Trinajstić information content (AvgIpc) is 2.37. The van der Waals surface area contributed by atoms with E-state index in [-0.39, 0.29) is 11.7 Å². The zero-order chi connectivity index (χ0) is 14.6. The number of aliphatic carboxylic acids is 1. The van der Waals surface area contributed by atoms with Gasteiger partial charge in [-0.2, -0.15) is 0 Å². The first-order chi connectivity index (χ1) is 8.82. The first kappa shape index (κ1) is 15.2. The number of carboxylic acids is 1. The molecule has 1 aromatic carbocycles. The minimum atomic E-state index is -0.859. The van der Waals surface area contributed by atoms with Gasteiger partial charge in [-0.25, -0.2) is 0 Å². The summed E-state index contributed by atoms with van der Waals surface area (Å²) in [5.74, 6) is -1.64. The first-order valence-electron chi connectivity index (χ1n) is 6.37. The summed E-state index contributed by atoms with van der Waals surface area (Å²) in [5.41, 5.74) is 1.67. The van der Waals surface area contributed by atoms with Gasteiger partial charge in [0.25, 0.3) is 0 Å². The van der Waals surface area contributed by atoms with Crippen molar-refractivity contribution in [3.8, 4) is 0 Å². The predicted molar refractivity (Wildman–Crippen MR) is 75.7 cm³/mol. The van der Waals surface area contributed by atoms with Gasteiger partial charge in [0.1, 0.15) is 0 Å². The Morgan fingerprint density at radius 3 is 2.05 bits per heavy atom. The third-order valence-electron chi connectivity index (χ3n) is 3.24. The first-order valence-corrected chi connectivity index (χ1v) is 6.37. The highest BCUT2D eigenvalue weighted by molar-refractivity contribution is 5.98. The highest BCUT2D eigenvalue weighted by atomic mass is 16.4. The second kappa shape index (κ2) is 6.36. The fourth-order valence-corrected chi connectivity index (χ4v) is 1.95. The van der Waals surface area contributed by atoms with E-state index in [1.54, 1.807) is 26.0 Å². The standard InChI is InChI=1S/C15H21NO3/c1-10(9-11(2)15(18)19)14(17)12-5-7-13(8-6-12)16(3)4/h5-8,10-11H,9H2,1-4H3,(H,18,19)/t10-,11-/m1/s1. The van der Waals surface area contributed by atoms with Crippen LogP contribution in [0.4, 0.5) is 5.69 Å². The molecule has 1 rings (SSSR count). The number of hydrogen-bond acceptors (Lipinski definition) is 3. The van der Waals surface area contributed by atoms with Crippen LogP contribution in [0.25, 0.3) is 0 Å². The van der Waals surface area contributed by atoms with Crippen molar-refractivity contribution in [1.82, 2.24) is 0 Å². The Bertz CT molecular complexity index is 451. The number of nitrogens with zero attached hydrogens (tertiary/aromatic N) is 1. The van der Waals surface area contributed by atoms with Crippen LogP contribution in [-0.4, -0.2) is 31.0 Å². The molecule has 2 atom stereocenters. The van der Waals surface area contributed by atoms with Crippen molar-refractivity contribution in [2.75, 3.05) is 19.0 Å². The molecule has 0 fully saturated rings. The van der Waals surface area contributed by atoms with Crippen molar-refractivity contribution < 1.29 is 14.7 Å². The molecule has 1 N–H and O–H groups in total. The molecule has 19 heavy (non-hydrogen) atoms. The van der Waals surface area contributed by atoms with Crippen LogP contribution in [0.3, 0.4) is 0 Å². The lowest BCUT2D eigenvalue weighted by molar-refractivity contribution is -0.141. The summed E-state index contributed by atoms with van der Waals surface area (Å²) in [6, 6.07) is 7.36. The van der Waals surface area contributed by atoms with Gasteiger partial charge >= 0.3 is 5.97 Å². The third-order valence-corrected chi connectivity index (χ3v) is 3.24. The number of carbonyl (C=O) groups is 2. The maximum atomic E-state index is 12.2. The number of ketones is 1. The number of carboxylic acid groups (broad SMARTS) is 1. The zero-order valence-corrected chi connectivity index (χ0v) is 11.9. The van der Waals surface area contributed by atoms with Gasteiger partial charge in [0, 0.05) is 31.3 Å². The zero-order valence-electron chi connectivity index (χ0n) is 11.9. The average molecular weight is 263 g/mol. The largest absolute Gasteiger partial charge is 0.481 e. The van der Waals surface area contributed by atoms with Gasteiger partial charge in [-0.1, -0.05) is 13.8 Å². The number of benzene rings is 1. The molecule has 0 amide bonds. The fraction of sp³-hybridized carbons (Fsp3) is 0.467. The molecular formula is C15H21NO3. The Labute approximate surface area is 114 Å². The summed E-state index contributed by atoms with van der Waals surface area (Å²) in [6.07, 6.45) is 0.365. The Hall–Kier alpha value is -1.84. The lowest BCUT2D eigenvalue weighted by Gasteiger charge is -2.15. The molecule has 0 aliphatic carbocycles. The topological polar surface area (TPSA) is 57.6 Å². The number of rotatable bonds is 6. The molecular weight excluding hydrogens is 242 g/mol. The van der Waals surface area contributed by atoms with Crippen molar-refractivity contribution in [1.29, 1.82) is 0 Å². The van der Waals surface area contributed by atoms with E-state index in [4.69, 9.17) is 5.11 Å². The molecule has 0 aliphatic rings. The lowest BCUT2D eigenvalue weighted by Crippen LogP contribution is -2.19. The van der Waals surface area contributed by atoms with Crippen LogP contribution in [-0.2, 0) is 4.79 Å². The van der Waals surface area contributed by atoms with E-state index >= 15 is 0 Å². The number of hydrogen-bond donors (Lipinski definition) is 1. The van der Waals surface area contributed by atoms with E-state index in [2.05, 4.69) is 0 Å². The highest BCUT2D eigenvalue weighted by Gasteiger charge is 2.21. The van der Waals surface area contributed by atoms with Crippen molar-refractivity contribution in [3.63, 3.8) is 0 Å². The maximum absolute atomic E-state index is 12.2. The van der Waals surface area contributed by atoms with E-state index in [0.717, 1.165) is 5.69 Å². The molecule has 0 aliphatic heterocycles. The van der Waals surface area contributed by atoms with Crippen molar-refractivity contribution in [2.45, 2.75) is 20.3 Å². The van der Waals surface area contributed by atoms with Crippen LogP contribution in [0, 0.1) is 11.8 Å². The lowest BCUT2D eigenvalue weighted by atomic mass is 9.90. The molecule has 0 heterocycles. The van der Waals surface area contributed by atoms with Crippen LogP contribution in [0.15, 0.2) is 24.3 Å². The Morgan fingerprint density at radius 1 is 1.11 bits per heavy atom. The second-order valence-corrected chi connectivity index (χ2v) is 5.18. The van der Waals surface area contributed by atoms with Gasteiger partial charge in [0.05, 0.1) is 5.92 Å². The molecule has 104 valence electrons. The molecule has 4 heteroatoms. The quantitative estimate of drug-likeness (QED) is 0.802. The van der Waals surface area contributed by atoms with Crippen LogP contribution >= 0.6 is 0 Å². The van der Waals surface area contributed by atoms with Crippen LogP contribution in [0.1, 0.15) is 30.6 Å². The van der Waals surface area contributed by atoms with Gasteiger partial charge in [-0.3, -0.25) is 9.59 Å². The summed E-state index contributed by atoms with van der Waals surface area (Å²) in [5, 5.41) is 8.86. The fourth-order valence-electron chi connectivity index (χ4n) is 1.95. The summed E-state index contributed by atoms with van der Waals surface area (Å²) in [4.78, 5) is 24.9. The van der Waals surface area contributed by atoms with Crippen molar-refractivity contribution in [2.24, 2.45) is 11.8 Å². The van der Waals surface area contributed by atoms with Gasteiger partial charge in [-0.15, -0.1) is 0 Å². The summed E-state index contributed by atoms with van der Waals surface area (Å²) in [6.45, 7) is 3.41. The molecule has 4 nitrogen and oxygen atoms in total. The maximum Gasteiger partial charge on any atom is 0.306 e.